The van der Waals surface area contributed by atoms with E-state index in [1.165, 1.54) is 23.8 Å². The Morgan fingerprint density at radius 3 is 2.25 bits per heavy atom. The number of nitrogens with one attached hydrogen (secondary N) is 1. The van der Waals surface area contributed by atoms with Gasteiger partial charge in [-0.25, -0.2) is 8.42 Å². The summed E-state index contributed by atoms with van der Waals surface area (Å²) in [6.45, 7) is 7.60. The number of hydrogen-bond donors (Lipinski definition) is 1. The largest absolute Gasteiger partial charge is 0.348 e. The van der Waals surface area contributed by atoms with Gasteiger partial charge in [0.1, 0.15) is 6.54 Å². The first-order valence-electron chi connectivity index (χ1n) is 10.3. The van der Waals surface area contributed by atoms with Gasteiger partial charge in [0, 0.05) is 5.02 Å². The second kappa shape index (κ2) is 9.76. The smallest absolute Gasteiger partial charge is 0.264 e. The lowest BCUT2D eigenvalue weighted by Gasteiger charge is -2.25. The summed E-state index contributed by atoms with van der Waals surface area (Å²) >= 11 is 6.11. The molecule has 3 aromatic rings. The van der Waals surface area contributed by atoms with Crippen LogP contribution >= 0.6 is 11.6 Å². The molecule has 1 amide bonds. The zero-order chi connectivity index (χ0) is 23.5. The second-order valence-electron chi connectivity index (χ2n) is 7.89. The Hall–Kier alpha value is -2.83. The number of sulfonamides is 1. The summed E-state index contributed by atoms with van der Waals surface area (Å²) in [6.07, 6.45) is 0. The Morgan fingerprint density at radius 1 is 0.938 bits per heavy atom. The molecule has 0 aliphatic heterocycles. The Bertz CT molecular complexity index is 1230. The van der Waals surface area contributed by atoms with Crippen LogP contribution in [0.2, 0.25) is 5.02 Å². The lowest BCUT2D eigenvalue weighted by atomic mass is 9.96. The fourth-order valence-electron chi connectivity index (χ4n) is 3.61. The maximum atomic E-state index is 13.4. The van der Waals surface area contributed by atoms with Gasteiger partial charge in [-0.05, 0) is 80.3 Å². The maximum Gasteiger partial charge on any atom is 0.264 e. The highest BCUT2D eigenvalue weighted by molar-refractivity contribution is 7.92. The molecule has 0 bridgehead atoms. The van der Waals surface area contributed by atoms with E-state index in [1.54, 1.807) is 36.4 Å². The van der Waals surface area contributed by atoms with Crippen LogP contribution in [0, 0.1) is 20.8 Å². The molecule has 0 heterocycles. The van der Waals surface area contributed by atoms with E-state index >= 15 is 0 Å². The van der Waals surface area contributed by atoms with E-state index < -0.39 is 15.9 Å². The van der Waals surface area contributed by atoms with E-state index in [9.17, 15) is 13.2 Å². The Labute approximate surface area is 195 Å². The van der Waals surface area contributed by atoms with Gasteiger partial charge in [0.25, 0.3) is 10.0 Å². The standard InChI is InChI=1S/C25H27ClN2O3S/c1-17-13-19(3)24(14-18(17)2)20(4)27-25(29)16-28(22-10-8-9-21(26)15-22)32(30,31)23-11-6-5-7-12-23/h5-15,20H,16H2,1-4H3,(H,27,29)/t20-/m1/s1. The van der Waals surface area contributed by atoms with E-state index in [-0.39, 0.29) is 17.5 Å². The monoisotopic (exact) mass is 470 g/mol. The molecule has 0 aromatic heterocycles. The highest BCUT2D eigenvalue weighted by atomic mass is 35.5. The molecule has 1 atom stereocenters. The number of halogens is 1. The van der Waals surface area contributed by atoms with E-state index in [1.807, 2.05) is 27.7 Å². The summed E-state index contributed by atoms with van der Waals surface area (Å²) < 4.78 is 27.8. The zero-order valence-corrected chi connectivity index (χ0v) is 20.2. The minimum absolute atomic E-state index is 0.103. The molecule has 7 heteroatoms. The van der Waals surface area contributed by atoms with Crippen LogP contribution in [0.1, 0.15) is 35.2 Å². The second-order valence-corrected chi connectivity index (χ2v) is 10.2. The number of aryl methyl sites for hydroxylation is 3. The highest BCUT2D eigenvalue weighted by Gasteiger charge is 2.28. The number of amides is 1. The molecule has 0 unspecified atom stereocenters. The molecule has 3 rings (SSSR count). The van der Waals surface area contributed by atoms with Gasteiger partial charge in [-0.3, -0.25) is 9.10 Å². The van der Waals surface area contributed by atoms with Crippen molar-refractivity contribution in [2.45, 2.75) is 38.6 Å². The van der Waals surface area contributed by atoms with Gasteiger partial charge >= 0.3 is 0 Å². The number of anilines is 1. The molecule has 32 heavy (non-hydrogen) atoms. The minimum atomic E-state index is -3.97. The van der Waals surface area contributed by atoms with Crippen molar-refractivity contribution in [3.63, 3.8) is 0 Å². The van der Waals surface area contributed by atoms with Crippen LogP contribution in [0.4, 0.5) is 5.69 Å². The van der Waals surface area contributed by atoms with E-state index in [0.29, 0.717) is 10.7 Å². The minimum Gasteiger partial charge on any atom is -0.348 e. The van der Waals surface area contributed by atoms with E-state index in [0.717, 1.165) is 21.0 Å². The Morgan fingerprint density at radius 2 is 1.59 bits per heavy atom. The third-order valence-electron chi connectivity index (χ3n) is 5.44. The van der Waals surface area contributed by atoms with Gasteiger partial charge in [-0.1, -0.05) is 48.0 Å². The number of rotatable bonds is 7. The topological polar surface area (TPSA) is 66.5 Å². The van der Waals surface area contributed by atoms with Crippen LogP contribution in [0.15, 0.2) is 71.6 Å². The third kappa shape index (κ3) is 5.31. The molecule has 168 valence electrons. The molecular formula is C25H27ClN2O3S. The molecular weight excluding hydrogens is 444 g/mol. The van der Waals surface area contributed by atoms with Crippen LogP contribution in [-0.4, -0.2) is 20.9 Å². The Balaban J connectivity index is 1.90. The lowest BCUT2D eigenvalue weighted by molar-refractivity contribution is -0.120. The first-order chi connectivity index (χ1) is 15.1. The van der Waals surface area contributed by atoms with Crippen molar-refractivity contribution in [3.05, 3.63) is 94.0 Å². The van der Waals surface area contributed by atoms with Gasteiger partial charge in [0.15, 0.2) is 0 Å². The number of nitrogens with zero attached hydrogens (tertiary/aromatic N) is 1. The zero-order valence-electron chi connectivity index (χ0n) is 18.6. The maximum absolute atomic E-state index is 13.4. The first kappa shape index (κ1) is 23.8. The van der Waals surface area contributed by atoms with Crippen LogP contribution in [-0.2, 0) is 14.8 Å². The van der Waals surface area contributed by atoms with Gasteiger partial charge in [-0.2, -0.15) is 0 Å². The van der Waals surface area contributed by atoms with Gasteiger partial charge in [0.05, 0.1) is 16.6 Å². The lowest BCUT2D eigenvalue weighted by Crippen LogP contribution is -2.41. The number of hydrogen-bond acceptors (Lipinski definition) is 3. The predicted octanol–water partition coefficient (Wildman–Crippen LogP) is 5.34. The van der Waals surface area contributed by atoms with Crippen molar-refractivity contribution in [2.24, 2.45) is 0 Å². The van der Waals surface area contributed by atoms with Crippen molar-refractivity contribution in [1.29, 1.82) is 0 Å². The molecule has 5 nitrogen and oxygen atoms in total. The molecule has 1 N–H and O–H groups in total. The Kier molecular flexibility index (Phi) is 7.26. The molecule has 3 aromatic carbocycles. The van der Waals surface area contributed by atoms with Crippen molar-refractivity contribution in [1.82, 2.24) is 5.32 Å². The summed E-state index contributed by atoms with van der Waals surface area (Å²) in [5.41, 5.74) is 4.72. The number of carbonyl (C=O) groups excluding carboxylic acids is 1. The summed E-state index contributed by atoms with van der Waals surface area (Å²) in [7, 11) is -3.97. The van der Waals surface area contributed by atoms with Crippen molar-refractivity contribution in [3.8, 4) is 0 Å². The fraction of sp³-hybridized carbons (Fsp3) is 0.240. The molecule has 0 spiro atoms. The van der Waals surface area contributed by atoms with Crippen molar-refractivity contribution >= 4 is 33.2 Å². The fourth-order valence-corrected chi connectivity index (χ4v) is 5.23. The third-order valence-corrected chi connectivity index (χ3v) is 7.46. The number of carbonyl (C=O) groups is 1. The molecule has 0 aliphatic carbocycles. The van der Waals surface area contributed by atoms with E-state index in [2.05, 4.69) is 17.4 Å². The van der Waals surface area contributed by atoms with Crippen molar-refractivity contribution < 1.29 is 13.2 Å². The molecule has 0 aliphatic rings. The predicted molar refractivity (Wildman–Crippen MR) is 130 cm³/mol. The average Bonchev–Trinajstić information content (AvgIpc) is 2.75. The van der Waals surface area contributed by atoms with Crippen molar-refractivity contribution in [2.75, 3.05) is 10.8 Å². The summed E-state index contributed by atoms with van der Waals surface area (Å²) in [6, 6.07) is 18.4. The van der Waals surface area contributed by atoms with Crippen LogP contribution < -0.4 is 9.62 Å². The quantitative estimate of drug-likeness (QED) is 0.507. The van der Waals surface area contributed by atoms with Crippen LogP contribution in [0.3, 0.4) is 0 Å². The number of benzene rings is 3. The molecule has 0 radical (unpaired) electrons. The SMILES string of the molecule is Cc1cc(C)c([C@@H](C)NC(=O)CN(c2cccc(Cl)c2)S(=O)(=O)c2ccccc2)cc1C. The van der Waals surface area contributed by atoms with Crippen LogP contribution in [0.25, 0.3) is 0 Å². The average molecular weight is 471 g/mol. The normalized spacial score (nSPS) is 12.3. The molecule has 0 saturated carbocycles. The summed E-state index contributed by atoms with van der Waals surface area (Å²) in [5.74, 6) is -0.408. The first-order valence-corrected chi connectivity index (χ1v) is 12.1. The molecule has 0 saturated heterocycles. The van der Waals surface area contributed by atoms with E-state index in [4.69, 9.17) is 11.6 Å². The van der Waals surface area contributed by atoms with Gasteiger partial charge in [-0.15, -0.1) is 0 Å². The van der Waals surface area contributed by atoms with Gasteiger partial charge in [0.2, 0.25) is 5.91 Å². The molecule has 0 fully saturated rings. The van der Waals surface area contributed by atoms with Gasteiger partial charge < -0.3 is 5.32 Å². The summed E-state index contributed by atoms with van der Waals surface area (Å²) in [5, 5.41) is 3.33. The summed E-state index contributed by atoms with van der Waals surface area (Å²) in [4.78, 5) is 13.1. The highest BCUT2D eigenvalue weighted by Crippen LogP contribution is 2.26. The van der Waals surface area contributed by atoms with Crippen LogP contribution in [0.5, 0.6) is 0 Å².